The molecule has 1 fully saturated rings. The molecule has 0 aromatic heterocycles. The Morgan fingerprint density at radius 1 is 1.20 bits per heavy atom. The molecule has 1 aliphatic carbocycles. The zero-order valence-electron chi connectivity index (χ0n) is 12.1. The molecule has 1 atom stereocenters. The minimum absolute atomic E-state index is 0.0527. The van der Waals surface area contributed by atoms with Crippen LogP contribution in [0.5, 0.6) is 0 Å². The summed E-state index contributed by atoms with van der Waals surface area (Å²) in [6.45, 7) is 4.92. The number of halogens is 3. The molecule has 0 bridgehead atoms. The van der Waals surface area contributed by atoms with Gasteiger partial charge in [0.25, 0.3) is 0 Å². The molecule has 1 N–H and O–H groups in total. The predicted octanol–water partition coefficient (Wildman–Crippen LogP) is 5.35. The van der Waals surface area contributed by atoms with Gasteiger partial charge in [0.1, 0.15) is 11.6 Å². The Hall–Kier alpha value is -0.480. The zero-order valence-corrected chi connectivity index (χ0v) is 13.7. The SMILES string of the molecule is CCNC(c1cc(F)c(Br)cc1F)C1(CC)CCCC1. The normalized spacial score (nSPS) is 19.2. The third-order valence-corrected chi connectivity index (χ3v) is 5.28. The van der Waals surface area contributed by atoms with E-state index in [-0.39, 0.29) is 21.7 Å². The van der Waals surface area contributed by atoms with E-state index in [1.807, 2.05) is 6.92 Å². The van der Waals surface area contributed by atoms with E-state index in [4.69, 9.17) is 0 Å². The van der Waals surface area contributed by atoms with Gasteiger partial charge in [-0.3, -0.25) is 0 Å². The summed E-state index contributed by atoms with van der Waals surface area (Å²) in [4.78, 5) is 0. The predicted molar refractivity (Wildman–Crippen MR) is 81.7 cm³/mol. The van der Waals surface area contributed by atoms with E-state index in [9.17, 15) is 8.78 Å². The van der Waals surface area contributed by atoms with Gasteiger partial charge in [0, 0.05) is 11.6 Å². The first kappa shape index (κ1) is 15.9. The van der Waals surface area contributed by atoms with Crippen molar-refractivity contribution in [3.05, 3.63) is 33.8 Å². The van der Waals surface area contributed by atoms with Gasteiger partial charge in [-0.15, -0.1) is 0 Å². The van der Waals surface area contributed by atoms with Crippen LogP contribution in [0.3, 0.4) is 0 Å². The average Bonchev–Trinajstić information content (AvgIpc) is 2.90. The van der Waals surface area contributed by atoms with Crippen LogP contribution in [-0.4, -0.2) is 6.54 Å². The van der Waals surface area contributed by atoms with Crippen LogP contribution in [0.25, 0.3) is 0 Å². The van der Waals surface area contributed by atoms with E-state index in [0.29, 0.717) is 5.56 Å². The van der Waals surface area contributed by atoms with Gasteiger partial charge >= 0.3 is 0 Å². The van der Waals surface area contributed by atoms with Gasteiger partial charge in [-0.1, -0.05) is 26.7 Å². The van der Waals surface area contributed by atoms with E-state index in [0.717, 1.165) is 25.8 Å². The molecule has 1 nitrogen and oxygen atoms in total. The summed E-state index contributed by atoms with van der Waals surface area (Å²) in [5.74, 6) is -0.725. The maximum atomic E-state index is 14.3. The van der Waals surface area contributed by atoms with E-state index in [1.54, 1.807) is 0 Å². The van der Waals surface area contributed by atoms with E-state index < -0.39 is 5.82 Å². The van der Waals surface area contributed by atoms with Crippen molar-refractivity contribution in [2.45, 2.75) is 52.0 Å². The topological polar surface area (TPSA) is 12.0 Å². The van der Waals surface area contributed by atoms with Gasteiger partial charge in [0.05, 0.1) is 4.47 Å². The van der Waals surface area contributed by atoms with Gasteiger partial charge in [0.15, 0.2) is 0 Å². The van der Waals surface area contributed by atoms with Crippen molar-refractivity contribution < 1.29 is 8.78 Å². The van der Waals surface area contributed by atoms with Crippen molar-refractivity contribution in [3.8, 4) is 0 Å². The van der Waals surface area contributed by atoms with Crippen molar-refractivity contribution in [2.24, 2.45) is 5.41 Å². The van der Waals surface area contributed by atoms with Crippen LogP contribution in [-0.2, 0) is 0 Å². The minimum Gasteiger partial charge on any atom is -0.310 e. The maximum absolute atomic E-state index is 14.3. The molecule has 4 heteroatoms. The first-order chi connectivity index (χ1) is 9.54. The highest BCUT2D eigenvalue weighted by atomic mass is 79.9. The Morgan fingerprint density at radius 2 is 1.85 bits per heavy atom. The summed E-state index contributed by atoms with van der Waals surface area (Å²) in [5, 5.41) is 3.40. The number of rotatable bonds is 5. The summed E-state index contributed by atoms with van der Waals surface area (Å²) < 4.78 is 28.3. The molecule has 20 heavy (non-hydrogen) atoms. The van der Waals surface area contributed by atoms with Crippen molar-refractivity contribution in [1.29, 1.82) is 0 Å². The molecule has 0 amide bonds. The standard InChI is InChI=1S/C16H22BrF2N/c1-3-16(7-5-6-8-16)15(20-4-2)11-9-14(19)12(17)10-13(11)18/h9-10,15,20H,3-8H2,1-2H3. The van der Waals surface area contributed by atoms with Crippen molar-refractivity contribution in [2.75, 3.05) is 6.54 Å². The first-order valence-electron chi connectivity index (χ1n) is 7.42. The van der Waals surface area contributed by atoms with Gasteiger partial charge in [-0.05, 0) is 59.3 Å². The molecule has 1 aromatic rings. The highest BCUT2D eigenvalue weighted by Gasteiger charge is 2.41. The molecule has 0 spiro atoms. The van der Waals surface area contributed by atoms with Gasteiger partial charge in [-0.25, -0.2) is 8.78 Å². The lowest BCUT2D eigenvalue weighted by Gasteiger charge is -2.38. The van der Waals surface area contributed by atoms with Crippen LogP contribution in [0.1, 0.15) is 57.6 Å². The molecule has 0 saturated heterocycles. The molecule has 0 heterocycles. The molecule has 112 valence electrons. The van der Waals surface area contributed by atoms with E-state index in [2.05, 4.69) is 28.2 Å². The van der Waals surface area contributed by atoms with E-state index in [1.165, 1.54) is 25.0 Å². The van der Waals surface area contributed by atoms with Crippen molar-refractivity contribution in [3.63, 3.8) is 0 Å². The van der Waals surface area contributed by atoms with Crippen LogP contribution in [0.2, 0.25) is 0 Å². The fourth-order valence-electron chi connectivity index (χ4n) is 3.55. The smallest absolute Gasteiger partial charge is 0.137 e. The second-order valence-electron chi connectivity index (χ2n) is 5.70. The molecule has 0 aliphatic heterocycles. The Morgan fingerprint density at radius 3 is 2.40 bits per heavy atom. The number of benzene rings is 1. The lowest BCUT2D eigenvalue weighted by Crippen LogP contribution is -2.37. The van der Waals surface area contributed by atoms with E-state index >= 15 is 0 Å². The molecule has 0 radical (unpaired) electrons. The molecule has 1 aliphatic rings. The summed E-state index contributed by atoms with van der Waals surface area (Å²) in [7, 11) is 0. The third-order valence-electron chi connectivity index (χ3n) is 4.67. The Kier molecular flexibility index (Phi) is 5.19. The summed E-state index contributed by atoms with van der Waals surface area (Å²) in [6, 6.07) is 2.48. The lowest BCUT2D eigenvalue weighted by molar-refractivity contribution is 0.185. The quantitative estimate of drug-likeness (QED) is 0.709. The van der Waals surface area contributed by atoms with Gasteiger partial charge < -0.3 is 5.32 Å². The molecule has 1 aromatic carbocycles. The third kappa shape index (κ3) is 2.91. The fourth-order valence-corrected chi connectivity index (χ4v) is 3.86. The van der Waals surface area contributed by atoms with Gasteiger partial charge in [0.2, 0.25) is 0 Å². The highest BCUT2D eigenvalue weighted by Crippen LogP contribution is 2.50. The molecule has 1 saturated carbocycles. The maximum Gasteiger partial charge on any atom is 0.137 e. The summed E-state index contributed by atoms with van der Waals surface area (Å²) in [6.07, 6.45) is 5.51. The number of hydrogen-bond acceptors (Lipinski definition) is 1. The second kappa shape index (κ2) is 6.52. The first-order valence-corrected chi connectivity index (χ1v) is 8.21. The van der Waals surface area contributed by atoms with Crippen LogP contribution in [0.4, 0.5) is 8.78 Å². The average molecular weight is 346 g/mol. The largest absolute Gasteiger partial charge is 0.310 e. The Bertz CT molecular complexity index is 470. The molecule has 2 rings (SSSR count). The summed E-state index contributed by atoms with van der Waals surface area (Å²) in [5.41, 5.74) is 0.521. The van der Waals surface area contributed by atoms with Crippen LogP contribution in [0.15, 0.2) is 16.6 Å². The molecular weight excluding hydrogens is 324 g/mol. The number of hydrogen-bond donors (Lipinski definition) is 1. The van der Waals surface area contributed by atoms with Crippen molar-refractivity contribution >= 4 is 15.9 Å². The van der Waals surface area contributed by atoms with Gasteiger partial charge in [-0.2, -0.15) is 0 Å². The monoisotopic (exact) mass is 345 g/mol. The molecule has 1 unspecified atom stereocenters. The highest BCUT2D eigenvalue weighted by molar-refractivity contribution is 9.10. The zero-order chi connectivity index (χ0) is 14.8. The summed E-state index contributed by atoms with van der Waals surface area (Å²) >= 11 is 3.05. The Labute approximate surface area is 128 Å². The Balaban J connectivity index is 2.45. The van der Waals surface area contributed by atoms with Crippen LogP contribution in [0, 0.1) is 17.0 Å². The minimum atomic E-state index is -0.395. The van der Waals surface area contributed by atoms with Crippen LogP contribution >= 0.6 is 15.9 Å². The fraction of sp³-hybridized carbons (Fsp3) is 0.625. The lowest BCUT2D eigenvalue weighted by atomic mass is 9.73. The number of nitrogens with one attached hydrogen (secondary N) is 1. The second-order valence-corrected chi connectivity index (χ2v) is 6.56. The molecular formula is C16H22BrF2N. The van der Waals surface area contributed by atoms with Crippen LogP contribution < -0.4 is 5.32 Å². The van der Waals surface area contributed by atoms with Crippen molar-refractivity contribution in [1.82, 2.24) is 5.32 Å².